The fourth-order valence-corrected chi connectivity index (χ4v) is 1.08. The van der Waals surface area contributed by atoms with Crippen LogP contribution in [-0.2, 0) is 0 Å². The molecule has 1 unspecified atom stereocenters. The molecule has 0 fully saturated rings. The molecule has 1 aromatic carbocycles. The Kier molecular flexibility index (Phi) is 4.80. The number of halogens is 2. The van der Waals surface area contributed by atoms with Gasteiger partial charge in [0.15, 0.2) is 0 Å². The normalized spacial score (nSPS) is 12.0. The maximum Gasteiger partial charge on any atom is 0.319 e. The molecule has 94 valence electrons. The van der Waals surface area contributed by atoms with Gasteiger partial charge in [0.05, 0.1) is 12.7 Å². The Morgan fingerprint density at radius 3 is 2.41 bits per heavy atom. The first-order valence-electron chi connectivity index (χ1n) is 4.81. The van der Waals surface area contributed by atoms with Gasteiger partial charge in [-0.15, -0.1) is 0 Å². The number of nitrogens with one attached hydrogen (secondary N) is 2. The number of amides is 2. The second-order valence-electron chi connectivity index (χ2n) is 3.33. The molecule has 1 rings (SSSR count). The monoisotopic (exact) mass is 246 g/mol. The lowest BCUT2D eigenvalue weighted by Crippen LogP contribution is -2.36. The Morgan fingerprint density at radius 2 is 1.88 bits per heavy atom. The summed E-state index contributed by atoms with van der Waals surface area (Å²) in [5.74, 6) is -1.62. The number of carbonyl (C=O) groups excluding carboxylic acids is 1. The van der Waals surface area contributed by atoms with E-state index in [-0.39, 0.29) is 12.2 Å². The van der Waals surface area contributed by atoms with Crippen LogP contribution in [-0.4, -0.2) is 35.5 Å². The molecule has 0 saturated carbocycles. The lowest BCUT2D eigenvalue weighted by Gasteiger charge is -2.10. The summed E-state index contributed by atoms with van der Waals surface area (Å²) in [5, 5.41) is 21.8. The Morgan fingerprint density at radius 1 is 1.29 bits per heavy atom. The molecular formula is C10H12F2N2O3. The molecule has 17 heavy (non-hydrogen) atoms. The summed E-state index contributed by atoms with van der Waals surface area (Å²) < 4.78 is 25.5. The van der Waals surface area contributed by atoms with Crippen LogP contribution in [0.1, 0.15) is 0 Å². The van der Waals surface area contributed by atoms with Crippen molar-refractivity contribution < 1.29 is 23.8 Å². The second-order valence-corrected chi connectivity index (χ2v) is 3.33. The van der Waals surface area contributed by atoms with Crippen molar-refractivity contribution in [1.82, 2.24) is 5.32 Å². The minimum atomic E-state index is -1.08. The molecule has 4 N–H and O–H groups in total. The zero-order valence-electron chi connectivity index (χ0n) is 8.78. The topological polar surface area (TPSA) is 81.6 Å². The lowest BCUT2D eigenvalue weighted by molar-refractivity contribution is 0.0965. The number of carbonyl (C=O) groups is 1. The van der Waals surface area contributed by atoms with Crippen molar-refractivity contribution in [2.45, 2.75) is 6.10 Å². The number of urea groups is 1. The van der Waals surface area contributed by atoms with E-state index in [1.54, 1.807) is 0 Å². The van der Waals surface area contributed by atoms with E-state index in [9.17, 15) is 13.6 Å². The molecule has 0 aliphatic carbocycles. The maximum atomic E-state index is 12.8. The molecule has 0 aliphatic heterocycles. The Hall–Kier alpha value is -1.73. The van der Waals surface area contributed by atoms with Gasteiger partial charge in [0.2, 0.25) is 0 Å². The number of hydrogen-bond acceptors (Lipinski definition) is 3. The molecule has 0 bridgehead atoms. The van der Waals surface area contributed by atoms with Gasteiger partial charge in [0, 0.05) is 18.3 Å². The average molecular weight is 246 g/mol. The summed E-state index contributed by atoms with van der Waals surface area (Å²) in [7, 11) is 0. The van der Waals surface area contributed by atoms with Gasteiger partial charge in [-0.1, -0.05) is 0 Å². The summed E-state index contributed by atoms with van der Waals surface area (Å²) in [5.41, 5.74) is -0.0431. The molecule has 7 heteroatoms. The molecule has 0 radical (unpaired) electrons. The molecule has 0 saturated heterocycles. The van der Waals surface area contributed by atoms with Crippen molar-refractivity contribution >= 4 is 11.7 Å². The van der Waals surface area contributed by atoms with Crippen molar-refractivity contribution in [3.05, 3.63) is 29.8 Å². The highest BCUT2D eigenvalue weighted by Crippen LogP contribution is 2.12. The largest absolute Gasteiger partial charge is 0.394 e. The van der Waals surface area contributed by atoms with E-state index in [2.05, 4.69) is 10.6 Å². The minimum Gasteiger partial charge on any atom is -0.394 e. The fourth-order valence-electron chi connectivity index (χ4n) is 1.08. The van der Waals surface area contributed by atoms with Crippen LogP contribution >= 0.6 is 0 Å². The molecule has 0 heterocycles. The summed E-state index contributed by atoms with van der Waals surface area (Å²) >= 11 is 0. The summed E-state index contributed by atoms with van der Waals surface area (Å²) in [6, 6.07) is 1.84. The van der Waals surface area contributed by atoms with Crippen molar-refractivity contribution in [3.63, 3.8) is 0 Å². The molecule has 0 aliphatic rings. The van der Waals surface area contributed by atoms with E-state index in [1.165, 1.54) is 0 Å². The summed E-state index contributed by atoms with van der Waals surface area (Å²) in [6.45, 7) is -0.658. The van der Waals surface area contributed by atoms with Gasteiger partial charge in [-0.05, 0) is 12.1 Å². The van der Waals surface area contributed by atoms with Gasteiger partial charge in [-0.2, -0.15) is 0 Å². The highest BCUT2D eigenvalue weighted by molar-refractivity contribution is 5.89. The van der Waals surface area contributed by atoms with Crippen LogP contribution in [0.25, 0.3) is 0 Å². The number of benzene rings is 1. The van der Waals surface area contributed by atoms with Crippen LogP contribution in [0.15, 0.2) is 18.2 Å². The predicted molar refractivity (Wildman–Crippen MR) is 56.5 cm³/mol. The quantitative estimate of drug-likeness (QED) is 0.622. The molecule has 2 amide bonds. The number of rotatable bonds is 4. The first-order valence-corrected chi connectivity index (χ1v) is 4.81. The van der Waals surface area contributed by atoms with Crippen LogP contribution in [0.3, 0.4) is 0 Å². The van der Waals surface area contributed by atoms with Gasteiger partial charge in [0.25, 0.3) is 0 Å². The summed E-state index contributed by atoms with van der Waals surface area (Å²) in [4.78, 5) is 11.2. The van der Waals surface area contributed by atoms with Crippen LogP contribution in [0.5, 0.6) is 0 Å². The SMILES string of the molecule is O=C(NCC(O)CO)Nc1cc(F)cc(F)c1. The second kappa shape index (κ2) is 6.12. The first-order chi connectivity index (χ1) is 8.01. The molecular weight excluding hydrogens is 234 g/mol. The van der Waals surface area contributed by atoms with Crippen LogP contribution < -0.4 is 10.6 Å². The number of aliphatic hydroxyl groups excluding tert-OH is 2. The zero-order valence-corrected chi connectivity index (χ0v) is 8.78. The first kappa shape index (κ1) is 13.3. The van der Waals surface area contributed by atoms with Crippen LogP contribution in [0.2, 0.25) is 0 Å². The number of aliphatic hydroxyl groups is 2. The average Bonchev–Trinajstić information content (AvgIpc) is 2.24. The lowest BCUT2D eigenvalue weighted by atomic mass is 10.3. The molecule has 0 spiro atoms. The van der Waals surface area contributed by atoms with Gasteiger partial charge >= 0.3 is 6.03 Å². The smallest absolute Gasteiger partial charge is 0.319 e. The third kappa shape index (κ3) is 4.75. The Labute approximate surface area is 96.1 Å². The Bertz CT molecular complexity index is 381. The van der Waals surface area contributed by atoms with E-state index < -0.39 is 30.4 Å². The van der Waals surface area contributed by atoms with Gasteiger partial charge in [-0.3, -0.25) is 0 Å². The third-order valence-corrected chi connectivity index (χ3v) is 1.83. The molecule has 1 atom stereocenters. The third-order valence-electron chi connectivity index (χ3n) is 1.83. The van der Waals surface area contributed by atoms with Gasteiger partial charge < -0.3 is 20.8 Å². The number of hydrogen-bond donors (Lipinski definition) is 4. The highest BCUT2D eigenvalue weighted by atomic mass is 19.1. The van der Waals surface area contributed by atoms with Gasteiger partial charge in [-0.25, -0.2) is 13.6 Å². The predicted octanol–water partition coefficient (Wildman–Crippen LogP) is 0.439. The van der Waals surface area contributed by atoms with E-state index >= 15 is 0 Å². The maximum absolute atomic E-state index is 12.8. The van der Waals surface area contributed by atoms with E-state index in [0.717, 1.165) is 12.1 Å². The number of anilines is 1. The van der Waals surface area contributed by atoms with E-state index in [0.29, 0.717) is 6.07 Å². The van der Waals surface area contributed by atoms with Crippen molar-refractivity contribution in [2.75, 3.05) is 18.5 Å². The molecule has 1 aromatic rings. The fraction of sp³-hybridized carbons (Fsp3) is 0.300. The summed E-state index contributed by atoms with van der Waals surface area (Å²) in [6.07, 6.45) is -1.08. The Balaban J connectivity index is 2.50. The van der Waals surface area contributed by atoms with Crippen LogP contribution in [0, 0.1) is 11.6 Å². The zero-order chi connectivity index (χ0) is 12.8. The highest BCUT2D eigenvalue weighted by Gasteiger charge is 2.07. The van der Waals surface area contributed by atoms with Crippen molar-refractivity contribution in [3.8, 4) is 0 Å². The molecule has 0 aromatic heterocycles. The van der Waals surface area contributed by atoms with Crippen LogP contribution in [0.4, 0.5) is 19.3 Å². The van der Waals surface area contributed by atoms with Crippen molar-refractivity contribution in [2.24, 2.45) is 0 Å². The van der Waals surface area contributed by atoms with Crippen molar-refractivity contribution in [1.29, 1.82) is 0 Å². The standard InChI is InChI=1S/C10H12F2N2O3/c11-6-1-7(12)3-8(2-6)14-10(17)13-4-9(16)5-15/h1-3,9,15-16H,4-5H2,(H2,13,14,17). The van der Waals surface area contributed by atoms with Gasteiger partial charge in [0.1, 0.15) is 11.6 Å². The minimum absolute atomic E-state index is 0.0431. The van der Waals surface area contributed by atoms with E-state index in [4.69, 9.17) is 10.2 Å². The van der Waals surface area contributed by atoms with E-state index in [1.807, 2.05) is 0 Å². The molecule has 5 nitrogen and oxygen atoms in total.